The lowest BCUT2D eigenvalue weighted by molar-refractivity contribution is -0.167. The highest BCUT2D eigenvalue weighted by molar-refractivity contribution is 6.29. The summed E-state index contributed by atoms with van der Waals surface area (Å²) in [6.45, 7) is 5.07. The normalized spacial score (nSPS) is 10.7. The molecule has 0 aliphatic heterocycles. The van der Waals surface area contributed by atoms with E-state index in [1.165, 1.54) is 77.0 Å². The largest absolute Gasteiger partial charge is 0.457 e. The van der Waals surface area contributed by atoms with E-state index < -0.39 is 11.9 Å². The van der Waals surface area contributed by atoms with Gasteiger partial charge in [-0.2, -0.15) is 0 Å². The number of rotatable bonds is 18. The first-order chi connectivity index (χ1) is 12.7. The first-order valence-electron chi connectivity index (χ1n) is 11.1. The molecule has 0 aliphatic rings. The lowest BCUT2D eigenvalue weighted by atomic mass is 10.1. The zero-order valence-corrected chi connectivity index (χ0v) is 17.4. The summed E-state index contributed by atoms with van der Waals surface area (Å²) in [5.41, 5.74) is 0. The van der Waals surface area contributed by atoms with Crippen molar-refractivity contribution in [1.29, 1.82) is 0 Å². The van der Waals surface area contributed by atoms with Crippen molar-refractivity contribution in [2.24, 2.45) is 0 Å². The number of carbonyl (C=O) groups is 2. The highest BCUT2D eigenvalue weighted by atomic mass is 16.6. The van der Waals surface area contributed by atoms with Gasteiger partial charge in [-0.1, -0.05) is 104 Å². The molecular weight excluding hydrogens is 328 g/mol. The van der Waals surface area contributed by atoms with Crippen LogP contribution in [0.15, 0.2) is 0 Å². The molecule has 0 fully saturated rings. The molecule has 0 aromatic heterocycles. The number of esters is 2. The van der Waals surface area contributed by atoms with Crippen LogP contribution in [0.5, 0.6) is 0 Å². The van der Waals surface area contributed by atoms with Gasteiger partial charge >= 0.3 is 11.9 Å². The summed E-state index contributed by atoms with van der Waals surface area (Å²) in [4.78, 5) is 23.0. The molecule has 4 heteroatoms. The van der Waals surface area contributed by atoms with Gasteiger partial charge in [0.05, 0.1) is 13.2 Å². The Labute approximate surface area is 161 Å². The van der Waals surface area contributed by atoms with Gasteiger partial charge in [-0.25, -0.2) is 9.59 Å². The van der Waals surface area contributed by atoms with Gasteiger partial charge in [0.1, 0.15) is 0 Å². The summed E-state index contributed by atoms with van der Waals surface area (Å²) in [6, 6.07) is 0. The Bertz CT molecular complexity index is 296. The molecule has 154 valence electrons. The zero-order chi connectivity index (χ0) is 19.3. The molecule has 4 nitrogen and oxygen atoms in total. The third-order valence-corrected chi connectivity index (χ3v) is 4.63. The lowest BCUT2D eigenvalue weighted by Crippen LogP contribution is -2.21. The van der Waals surface area contributed by atoms with E-state index >= 15 is 0 Å². The summed E-state index contributed by atoms with van der Waals surface area (Å²) < 4.78 is 9.94. The Kier molecular flexibility index (Phi) is 19.4. The highest BCUT2D eigenvalue weighted by Crippen LogP contribution is 2.09. The van der Waals surface area contributed by atoms with Gasteiger partial charge in [0.25, 0.3) is 0 Å². The van der Waals surface area contributed by atoms with Crippen molar-refractivity contribution < 1.29 is 19.1 Å². The predicted octanol–water partition coefficient (Wildman–Crippen LogP) is 6.35. The van der Waals surface area contributed by atoms with Gasteiger partial charge < -0.3 is 9.47 Å². The minimum Gasteiger partial charge on any atom is -0.457 e. The van der Waals surface area contributed by atoms with Crippen LogP contribution in [0.3, 0.4) is 0 Å². The molecule has 0 N–H and O–H groups in total. The molecule has 0 spiro atoms. The number of hydrogen-bond donors (Lipinski definition) is 0. The molecule has 0 rings (SSSR count). The maximum absolute atomic E-state index is 11.5. The summed E-state index contributed by atoms with van der Waals surface area (Å²) >= 11 is 0. The Morgan fingerprint density at radius 3 is 1.04 bits per heavy atom. The fourth-order valence-electron chi connectivity index (χ4n) is 2.92. The molecule has 0 bridgehead atoms. The second-order valence-corrected chi connectivity index (χ2v) is 7.22. The third-order valence-electron chi connectivity index (χ3n) is 4.63. The highest BCUT2D eigenvalue weighted by Gasteiger charge is 2.16. The maximum Gasteiger partial charge on any atom is 0.417 e. The smallest absolute Gasteiger partial charge is 0.417 e. The minimum atomic E-state index is -0.840. The molecule has 26 heavy (non-hydrogen) atoms. The van der Waals surface area contributed by atoms with Crippen LogP contribution in [0.1, 0.15) is 117 Å². The SMILES string of the molecule is CCCCCCCCCCOC(=O)C(=O)OCCCCCCCCCC. The van der Waals surface area contributed by atoms with Crippen molar-refractivity contribution in [3.05, 3.63) is 0 Å². The Balaban J connectivity index is 3.34. The molecule has 0 aromatic rings. The first-order valence-corrected chi connectivity index (χ1v) is 11.1. The summed E-state index contributed by atoms with van der Waals surface area (Å²) in [7, 11) is 0. The number of carbonyl (C=O) groups excluding carboxylic acids is 2. The predicted molar refractivity (Wildman–Crippen MR) is 107 cm³/mol. The quantitative estimate of drug-likeness (QED) is 0.160. The van der Waals surface area contributed by atoms with E-state index in [-0.39, 0.29) is 0 Å². The molecule has 0 unspecified atom stereocenters. The minimum absolute atomic E-state index is 0.320. The third kappa shape index (κ3) is 17.8. The Morgan fingerprint density at radius 2 is 0.731 bits per heavy atom. The van der Waals surface area contributed by atoms with Gasteiger partial charge in [0, 0.05) is 0 Å². The molecule has 0 atom stereocenters. The van der Waals surface area contributed by atoms with Crippen molar-refractivity contribution in [3.63, 3.8) is 0 Å². The van der Waals surface area contributed by atoms with Gasteiger partial charge in [-0.05, 0) is 12.8 Å². The van der Waals surface area contributed by atoms with Crippen molar-refractivity contribution in [1.82, 2.24) is 0 Å². The number of unbranched alkanes of at least 4 members (excludes halogenated alkanes) is 14. The van der Waals surface area contributed by atoms with Crippen LogP contribution in [0.25, 0.3) is 0 Å². The maximum atomic E-state index is 11.5. The van der Waals surface area contributed by atoms with Crippen molar-refractivity contribution in [3.8, 4) is 0 Å². The van der Waals surface area contributed by atoms with E-state index in [9.17, 15) is 9.59 Å². The Morgan fingerprint density at radius 1 is 0.462 bits per heavy atom. The molecular formula is C22H42O4. The van der Waals surface area contributed by atoms with Crippen LogP contribution < -0.4 is 0 Å². The van der Waals surface area contributed by atoms with Crippen LogP contribution in [0.4, 0.5) is 0 Å². The molecule has 0 saturated carbocycles. The summed E-state index contributed by atoms with van der Waals surface area (Å²) in [6.07, 6.45) is 19.0. The molecule has 0 saturated heterocycles. The first kappa shape index (κ1) is 24.9. The van der Waals surface area contributed by atoms with E-state index in [0.717, 1.165) is 25.7 Å². The molecule has 0 amide bonds. The average Bonchev–Trinajstić information content (AvgIpc) is 2.65. The van der Waals surface area contributed by atoms with Crippen molar-refractivity contribution in [2.75, 3.05) is 13.2 Å². The zero-order valence-electron chi connectivity index (χ0n) is 17.4. The second-order valence-electron chi connectivity index (χ2n) is 7.22. The monoisotopic (exact) mass is 370 g/mol. The van der Waals surface area contributed by atoms with E-state index in [1.807, 2.05) is 0 Å². The van der Waals surface area contributed by atoms with Gasteiger partial charge in [-0.3, -0.25) is 0 Å². The molecule has 0 radical (unpaired) electrons. The topological polar surface area (TPSA) is 52.6 Å². The second kappa shape index (κ2) is 20.3. The fraction of sp³-hybridized carbons (Fsp3) is 0.909. The van der Waals surface area contributed by atoms with Crippen LogP contribution in [0, 0.1) is 0 Å². The lowest BCUT2D eigenvalue weighted by Gasteiger charge is -2.06. The van der Waals surface area contributed by atoms with Crippen LogP contribution in [-0.2, 0) is 19.1 Å². The number of hydrogen-bond acceptors (Lipinski definition) is 4. The Hall–Kier alpha value is -1.06. The van der Waals surface area contributed by atoms with Crippen molar-refractivity contribution in [2.45, 2.75) is 117 Å². The van der Waals surface area contributed by atoms with Gasteiger partial charge in [-0.15, -0.1) is 0 Å². The van der Waals surface area contributed by atoms with Crippen LogP contribution in [0.2, 0.25) is 0 Å². The molecule has 0 aromatic carbocycles. The van der Waals surface area contributed by atoms with Crippen molar-refractivity contribution >= 4 is 11.9 Å². The van der Waals surface area contributed by atoms with E-state index in [2.05, 4.69) is 13.8 Å². The fourth-order valence-corrected chi connectivity index (χ4v) is 2.92. The molecule has 0 aliphatic carbocycles. The molecule has 0 heterocycles. The summed E-state index contributed by atoms with van der Waals surface area (Å²) in [5, 5.41) is 0. The average molecular weight is 371 g/mol. The van der Waals surface area contributed by atoms with Gasteiger partial charge in [0.15, 0.2) is 0 Å². The summed E-state index contributed by atoms with van der Waals surface area (Å²) in [5.74, 6) is -1.68. The standard InChI is InChI=1S/C22H42O4/c1-3-5-7-9-11-13-15-17-19-25-21(23)22(24)26-20-18-16-14-12-10-8-6-4-2/h3-20H2,1-2H3. The van der Waals surface area contributed by atoms with E-state index in [1.54, 1.807) is 0 Å². The number of ether oxygens (including phenoxy) is 2. The van der Waals surface area contributed by atoms with Crippen LogP contribution >= 0.6 is 0 Å². The van der Waals surface area contributed by atoms with Gasteiger partial charge in [0.2, 0.25) is 0 Å². The van der Waals surface area contributed by atoms with E-state index in [0.29, 0.717) is 13.2 Å². The van der Waals surface area contributed by atoms with E-state index in [4.69, 9.17) is 9.47 Å². The van der Waals surface area contributed by atoms with Crippen LogP contribution in [-0.4, -0.2) is 25.2 Å².